The van der Waals surface area contributed by atoms with E-state index in [0.717, 1.165) is 17.8 Å². The molecular formula is C10H12ClN5. The molecule has 0 fully saturated rings. The fourth-order valence-electron chi connectivity index (χ4n) is 1.51. The Bertz CT molecular complexity index is 442. The van der Waals surface area contributed by atoms with Gasteiger partial charge in [-0.05, 0) is 25.1 Å². The lowest BCUT2D eigenvalue weighted by atomic mass is 10.1. The Kier molecular flexibility index (Phi) is 3.48. The van der Waals surface area contributed by atoms with Crippen LogP contribution in [0, 0.1) is 0 Å². The minimum absolute atomic E-state index is 0.0717. The van der Waals surface area contributed by atoms with Gasteiger partial charge in [0.2, 0.25) is 0 Å². The zero-order valence-corrected chi connectivity index (χ0v) is 9.57. The maximum atomic E-state index is 6.05. The summed E-state index contributed by atoms with van der Waals surface area (Å²) in [5.74, 6) is 0.801. The SMILES string of the molecule is CNC(Cc1ccncc1Cl)c1ncn[nH]1. The normalized spacial score (nSPS) is 12.6. The Morgan fingerprint density at radius 2 is 2.44 bits per heavy atom. The standard InChI is InChI=1S/C10H12ClN5/c1-12-9(10-14-6-15-16-10)4-7-2-3-13-5-8(7)11/h2-3,5-6,9,12H,4H2,1H3,(H,14,15,16). The van der Waals surface area contributed by atoms with Gasteiger partial charge in [-0.15, -0.1) is 0 Å². The van der Waals surface area contributed by atoms with E-state index in [9.17, 15) is 0 Å². The highest BCUT2D eigenvalue weighted by Crippen LogP contribution is 2.20. The number of nitrogens with zero attached hydrogens (tertiary/aromatic N) is 3. The number of aromatic amines is 1. The third kappa shape index (κ3) is 2.37. The van der Waals surface area contributed by atoms with E-state index in [1.165, 1.54) is 6.33 Å². The van der Waals surface area contributed by atoms with Crippen molar-refractivity contribution in [3.8, 4) is 0 Å². The topological polar surface area (TPSA) is 66.5 Å². The molecule has 0 aliphatic rings. The van der Waals surface area contributed by atoms with Crippen LogP contribution in [0.2, 0.25) is 5.02 Å². The molecule has 2 N–H and O–H groups in total. The molecule has 0 aliphatic heterocycles. The van der Waals surface area contributed by atoms with Gasteiger partial charge < -0.3 is 5.32 Å². The number of pyridine rings is 1. The van der Waals surface area contributed by atoms with Crippen LogP contribution in [0.3, 0.4) is 0 Å². The molecule has 0 radical (unpaired) electrons. The molecule has 2 aromatic heterocycles. The smallest absolute Gasteiger partial charge is 0.141 e. The lowest BCUT2D eigenvalue weighted by Gasteiger charge is -2.13. The average Bonchev–Trinajstić information content (AvgIpc) is 2.81. The van der Waals surface area contributed by atoms with Crippen LogP contribution in [0.15, 0.2) is 24.8 Å². The number of halogens is 1. The molecule has 0 aliphatic carbocycles. The first-order chi connectivity index (χ1) is 7.81. The average molecular weight is 238 g/mol. The first-order valence-corrected chi connectivity index (χ1v) is 5.30. The van der Waals surface area contributed by atoms with Gasteiger partial charge in [-0.3, -0.25) is 10.1 Å². The lowest BCUT2D eigenvalue weighted by molar-refractivity contribution is 0.559. The molecule has 0 aromatic carbocycles. The van der Waals surface area contributed by atoms with Crippen LogP contribution < -0.4 is 5.32 Å². The summed E-state index contributed by atoms with van der Waals surface area (Å²) in [5.41, 5.74) is 1.03. The molecule has 0 spiro atoms. The third-order valence-electron chi connectivity index (χ3n) is 2.39. The number of rotatable bonds is 4. The van der Waals surface area contributed by atoms with Gasteiger partial charge in [-0.25, -0.2) is 4.98 Å². The maximum absolute atomic E-state index is 6.05. The molecule has 5 nitrogen and oxygen atoms in total. The zero-order chi connectivity index (χ0) is 11.4. The first-order valence-electron chi connectivity index (χ1n) is 4.92. The van der Waals surface area contributed by atoms with Crippen LogP contribution in [0.4, 0.5) is 0 Å². The van der Waals surface area contributed by atoms with Crippen molar-refractivity contribution >= 4 is 11.6 Å². The minimum atomic E-state index is 0.0717. The summed E-state index contributed by atoms with van der Waals surface area (Å²) in [5, 5.41) is 10.5. The molecule has 1 atom stereocenters. The highest BCUT2D eigenvalue weighted by molar-refractivity contribution is 6.31. The quantitative estimate of drug-likeness (QED) is 0.843. The van der Waals surface area contributed by atoms with E-state index >= 15 is 0 Å². The van der Waals surface area contributed by atoms with Gasteiger partial charge in [0.05, 0.1) is 11.1 Å². The maximum Gasteiger partial charge on any atom is 0.141 e. The Labute approximate surface area is 98.3 Å². The molecule has 1 unspecified atom stereocenters. The van der Waals surface area contributed by atoms with Gasteiger partial charge in [0.25, 0.3) is 0 Å². The van der Waals surface area contributed by atoms with Crippen molar-refractivity contribution in [1.29, 1.82) is 0 Å². The summed E-state index contributed by atoms with van der Waals surface area (Å²) in [7, 11) is 1.88. The summed E-state index contributed by atoms with van der Waals surface area (Å²) < 4.78 is 0. The van der Waals surface area contributed by atoms with Crippen molar-refractivity contribution in [3.63, 3.8) is 0 Å². The second kappa shape index (κ2) is 5.05. The van der Waals surface area contributed by atoms with Gasteiger partial charge in [0, 0.05) is 12.4 Å². The van der Waals surface area contributed by atoms with Crippen molar-refractivity contribution in [2.45, 2.75) is 12.5 Å². The summed E-state index contributed by atoms with van der Waals surface area (Å²) in [6.07, 6.45) is 5.61. The molecule has 2 heterocycles. The van der Waals surface area contributed by atoms with E-state index in [2.05, 4.69) is 25.5 Å². The summed E-state index contributed by atoms with van der Waals surface area (Å²) >= 11 is 6.05. The molecule has 16 heavy (non-hydrogen) atoms. The van der Waals surface area contributed by atoms with E-state index in [1.807, 2.05) is 13.1 Å². The predicted molar refractivity (Wildman–Crippen MR) is 61.1 cm³/mol. The van der Waals surface area contributed by atoms with Gasteiger partial charge in [0.1, 0.15) is 12.2 Å². The number of H-pyrrole nitrogens is 1. The second-order valence-corrected chi connectivity index (χ2v) is 3.79. The molecule has 2 aromatic rings. The fourth-order valence-corrected chi connectivity index (χ4v) is 1.70. The molecule has 0 amide bonds. The number of aromatic nitrogens is 4. The summed E-state index contributed by atoms with van der Waals surface area (Å²) in [6, 6.07) is 1.98. The summed E-state index contributed by atoms with van der Waals surface area (Å²) in [4.78, 5) is 8.08. The summed E-state index contributed by atoms with van der Waals surface area (Å²) in [6.45, 7) is 0. The Morgan fingerprint density at radius 1 is 1.56 bits per heavy atom. The van der Waals surface area contributed by atoms with Crippen molar-refractivity contribution in [2.75, 3.05) is 7.05 Å². The first kappa shape index (κ1) is 11.0. The molecule has 6 heteroatoms. The van der Waals surface area contributed by atoms with Crippen molar-refractivity contribution in [3.05, 3.63) is 41.2 Å². The number of likely N-dealkylation sites (N-methyl/N-ethyl adjacent to an activating group) is 1. The Hall–Kier alpha value is -1.46. The van der Waals surface area contributed by atoms with E-state index in [0.29, 0.717) is 5.02 Å². The number of nitrogens with one attached hydrogen (secondary N) is 2. The van der Waals surface area contributed by atoms with Crippen LogP contribution >= 0.6 is 11.6 Å². The lowest BCUT2D eigenvalue weighted by Crippen LogP contribution is -2.20. The Balaban J connectivity index is 2.17. The number of hydrogen-bond donors (Lipinski definition) is 2. The minimum Gasteiger partial charge on any atom is -0.310 e. The van der Waals surface area contributed by atoms with Crippen molar-refractivity contribution in [1.82, 2.24) is 25.5 Å². The number of hydrogen-bond acceptors (Lipinski definition) is 4. The van der Waals surface area contributed by atoms with Gasteiger partial charge in [0.15, 0.2) is 0 Å². The molecule has 0 saturated carbocycles. The van der Waals surface area contributed by atoms with Crippen LogP contribution in [-0.2, 0) is 6.42 Å². The molecular weight excluding hydrogens is 226 g/mol. The van der Waals surface area contributed by atoms with Gasteiger partial charge in [-0.1, -0.05) is 11.6 Å². The van der Waals surface area contributed by atoms with Gasteiger partial charge >= 0.3 is 0 Å². The van der Waals surface area contributed by atoms with Crippen molar-refractivity contribution < 1.29 is 0 Å². The largest absolute Gasteiger partial charge is 0.310 e. The zero-order valence-electron chi connectivity index (χ0n) is 8.81. The van der Waals surface area contributed by atoms with Crippen LogP contribution in [0.5, 0.6) is 0 Å². The highest BCUT2D eigenvalue weighted by atomic mass is 35.5. The van der Waals surface area contributed by atoms with Crippen LogP contribution in [0.1, 0.15) is 17.4 Å². The molecule has 84 valence electrons. The highest BCUT2D eigenvalue weighted by Gasteiger charge is 2.14. The molecule has 0 saturated heterocycles. The monoisotopic (exact) mass is 237 g/mol. The van der Waals surface area contributed by atoms with Crippen molar-refractivity contribution in [2.24, 2.45) is 0 Å². The third-order valence-corrected chi connectivity index (χ3v) is 2.73. The van der Waals surface area contributed by atoms with E-state index in [1.54, 1.807) is 12.4 Å². The molecule has 2 rings (SSSR count). The second-order valence-electron chi connectivity index (χ2n) is 3.38. The van der Waals surface area contributed by atoms with Crippen LogP contribution in [-0.4, -0.2) is 27.2 Å². The molecule has 0 bridgehead atoms. The van der Waals surface area contributed by atoms with Gasteiger partial charge in [-0.2, -0.15) is 5.10 Å². The Morgan fingerprint density at radius 3 is 3.06 bits per heavy atom. The van der Waals surface area contributed by atoms with E-state index in [4.69, 9.17) is 11.6 Å². The predicted octanol–water partition coefficient (Wildman–Crippen LogP) is 1.36. The van der Waals surface area contributed by atoms with E-state index < -0.39 is 0 Å². The van der Waals surface area contributed by atoms with E-state index in [-0.39, 0.29) is 6.04 Å². The van der Waals surface area contributed by atoms with Crippen LogP contribution in [0.25, 0.3) is 0 Å². The fraction of sp³-hybridized carbons (Fsp3) is 0.300.